The van der Waals surface area contributed by atoms with Crippen LogP contribution in [0.3, 0.4) is 0 Å². The Hall–Kier alpha value is -0.450. The molecular weight excluding hydrogens is 208 g/mol. The van der Waals surface area contributed by atoms with Gasteiger partial charge in [0.15, 0.2) is 0 Å². The van der Waals surface area contributed by atoms with Crippen molar-refractivity contribution in [2.75, 3.05) is 6.61 Å². The van der Waals surface area contributed by atoms with Crippen molar-refractivity contribution in [1.29, 1.82) is 0 Å². The van der Waals surface area contributed by atoms with E-state index in [1.807, 2.05) is 12.3 Å². The lowest BCUT2D eigenvalue weighted by Crippen LogP contribution is -2.30. The predicted molar refractivity (Wildman–Crippen MR) is 61.9 cm³/mol. The molecule has 1 aliphatic heterocycles. The van der Waals surface area contributed by atoms with Crippen LogP contribution in [0.5, 0.6) is 0 Å². The second-order valence-corrected chi connectivity index (χ2v) is 5.26. The van der Waals surface area contributed by atoms with Crippen LogP contribution < -0.4 is 5.73 Å². The van der Waals surface area contributed by atoms with Crippen LogP contribution in [0.25, 0.3) is 0 Å². The lowest BCUT2D eigenvalue weighted by atomic mass is 9.97. The summed E-state index contributed by atoms with van der Waals surface area (Å²) in [5.41, 5.74) is 6.61. The van der Waals surface area contributed by atoms with Crippen LogP contribution in [0, 0.1) is 0 Å². The van der Waals surface area contributed by atoms with Gasteiger partial charge in [-0.25, -0.2) is 4.98 Å². The fourth-order valence-electron chi connectivity index (χ4n) is 1.84. The van der Waals surface area contributed by atoms with Gasteiger partial charge in [0.05, 0.1) is 5.69 Å². The SMILES string of the molecule is CC(N)c1csc(C2(C)CCCCO2)n1. The van der Waals surface area contributed by atoms with Gasteiger partial charge in [0.25, 0.3) is 0 Å². The maximum atomic E-state index is 5.85. The van der Waals surface area contributed by atoms with Crippen molar-refractivity contribution in [3.05, 3.63) is 16.1 Å². The molecule has 84 valence electrons. The highest BCUT2D eigenvalue weighted by Gasteiger charge is 2.33. The molecule has 0 aromatic carbocycles. The molecule has 0 bridgehead atoms. The molecule has 1 aliphatic rings. The Labute approximate surface area is 94.7 Å². The van der Waals surface area contributed by atoms with Gasteiger partial charge in [-0.15, -0.1) is 11.3 Å². The van der Waals surface area contributed by atoms with E-state index in [-0.39, 0.29) is 11.6 Å². The molecule has 3 nitrogen and oxygen atoms in total. The number of thiazole rings is 1. The summed E-state index contributed by atoms with van der Waals surface area (Å²) in [6.45, 7) is 4.95. The van der Waals surface area contributed by atoms with E-state index in [2.05, 4.69) is 11.9 Å². The highest BCUT2D eigenvalue weighted by molar-refractivity contribution is 7.09. The molecule has 2 N–H and O–H groups in total. The van der Waals surface area contributed by atoms with Crippen molar-refractivity contribution in [1.82, 2.24) is 4.98 Å². The van der Waals surface area contributed by atoms with Crippen LogP contribution >= 0.6 is 11.3 Å². The third-order valence-electron chi connectivity index (χ3n) is 2.91. The van der Waals surface area contributed by atoms with E-state index in [0.29, 0.717) is 0 Å². The molecule has 0 amide bonds. The Morgan fingerprint density at radius 2 is 2.40 bits per heavy atom. The van der Waals surface area contributed by atoms with Gasteiger partial charge in [-0.3, -0.25) is 0 Å². The molecule has 0 radical (unpaired) electrons. The van der Waals surface area contributed by atoms with Crippen LogP contribution in [-0.2, 0) is 10.3 Å². The van der Waals surface area contributed by atoms with Crippen LogP contribution in [0.1, 0.15) is 49.9 Å². The number of nitrogens with two attached hydrogens (primary N) is 1. The molecule has 1 fully saturated rings. The van der Waals surface area contributed by atoms with E-state index >= 15 is 0 Å². The summed E-state index contributed by atoms with van der Waals surface area (Å²) in [6, 6.07) is 0.0159. The first kappa shape index (κ1) is 11.0. The molecule has 2 atom stereocenters. The number of hydrogen-bond donors (Lipinski definition) is 1. The van der Waals surface area contributed by atoms with E-state index in [0.717, 1.165) is 23.7 Å². The van der Waals surface area contributed by atoms with E-state index in [4.69, 9.17) is 10.5 Å². The predicted octanol–water partition coefficient (Wildman–Crippen LogP) is 2.58. The molecule has 1 aromatic rings. The second-order valence-electron chi connectivity index (χ2n) is 4.40. The van der Waals surface area contributed by atoms with Gasteiger partial charge in [-0.1, -0.05) is 0 Å². The molecule has 2 rings (SSSR count). The van der Waals surface area contributed by atoms with Crippen molar-refractivity contribution in [3.8, 4) is 0 Å². The minimum Gasteiger partial charge on any atom is -0.368 e. The zero-order valence-corrected chi connectivity index (χ0v) is 10.1. The first-order chi connectivity index (χ1) is 7.12. The summed E-state index contributed by atoms with van der Waals surface area (Å²) < 4.78 is 5.85. The van der Waals surface area contributed by atoms with Gasteiger partial charge in [0.2, 0.25) is 0 Å². The summed E-state index contributed by atoms with van der Waals surface area (Å²) in [5, 5.41) is 3.12. The van der Waals surface area contributed by atoms with Gasteiger partial charge in [-0.05, 0) is 33.1 Å². The Bertz CT molecular complexity index is 329. The molecule has 0 aliphatic carbocycles. The number of rotatable bonds is 2. The summed E-state index contributed by atoms with van der Waals surface area (Å²) in [4.78, 5) is 4.57. The first-order valence-electron chi connectivity index (χ1n) is 5.47. The highest BCUT2D eigenvalue weighted by Crippen LogP contribution is 2.36. The molecule has 15 heavy (non-hydrogen) atoms. The van der Waals surface area contributed by atoms with Gasteiger partial charge >= 0.3 is 0 Å². The van der Waals surface area contributed by atoms with Crippen molar-refractivity contribution in [2.24, 2.45) is 5.73 Å². The largest absolute Gasteiger partial charge is 0.368 e. The monoisotopic (exact) mass is 226 g/mol. The Kier molecular flexibility index (Phi) is 3.09. The van der Waals surface area contributed by atoms with Gasteiger partial charge in [0.1, 0.15) is 10.6 Å². The zero-order chi connectivity index (χ0) is 10.9. The third-order valence-corrected chi connectivity index (χ3v) is 4.02. The van der Waals surface area contributed by atoms with Crippen molar-refractivity contribution in [3.63, 3.8) is 0 Å². The highest BCUT2D eigenvalue weighted by atomic mass is 32.1. The van der Waals surface area contributed by atoms with Gasteiger partial charge in [-0.2, -0.15) is 0 Å². The second kappa shape index (κ2) is 4.20. The fraction of sp³-hybridized carbons (Fsp3) is 0.727. The number of hydrogen-bond acceptors (Lipinski definition) is 4. The van der Waals surface area contributed by atoms with E-state index in [1.165, 1.54) is 12.8 Å². The number of aromatic nitrogens is 1. The Morgan fingerprint density at radius 3 is 2.93 bits per heavy atom. The Morgan fingerprint density at radius 1 is 1.60 bits per heavy atom. The molecule has 1 saturated heterocycles. The number of nitrogens with zero attached hydrogens (tertiary/aromatic N) is 1. The van der Waals surface area contributed by atoms with Crippen LogP contribution in [0.15, 0.2) is 5.38 Å². The standard InChI is InChI=1S/C11H18N2OS/c1-8(12)9-7-15-10(13-9)11(2)5-3-4-6-14-11/h7-8H,3-6,12H2,1-2H3. The van der Waals surface area contributed by atoms with Crippen LogP contribution in [-0.4, -0.2) is 11.6 Å². The average molecular weight is 226 g/mol. The maximum Gasteiger partial charge on any atom is 0.125 e. The minimum atomic E-state index is -0.171. The van der Waals surface area contributed by atoms with Crippen molar-refractivity contribution in [2.45, 2.75) is 44.8 Å². The lowest BCUT2D eigenvalue weighted by molar-refractivity contribution is -0.0702. The van der Waals surface area contributed by atoms with E-state index in [9.17, 15) is 0 Å². The third kappa shape index (κ3) is 2.22. The summed E-state index contributed by atoms with van der Waals surface area (Å²) >= 11 is 1.67. The van der Waals surface area contributed by atoms with Gasteiger partial charge < -0.3 is 10.5 Å². The summed E-state index contributed by atoms with van der Waals surface area (Å²) in [6.07, 6.45) is 3.46. The number of ether oxygens (including phenoxy) is 1. The summed E-state index contributed by atoms with van der Waals surface area (Å²) in [5.74, 6) is 0. The summed E-state index contributed by atoms with van der Waals surface area (Å²) in [7, 11) is 0. The van der Waals surface area contributed by atoms with Crippen LogP contribution in [0.2, 0.25) is 0 Å². The topological polar surface area (TPSA) is 48.1 Å². The quantitative estimate of drug-likeness (QED) is 0.843. The first-order valence-corrected chi connectivity index (χ1v) is 6.35. The van der Waals surface area contributed by atoms with Crippen molar-refractivity contribution < 1.29 is 4.74 Å². The van der Waals surface area contributed by atoms with E-state index in [1.54, 1.807) is 11.3 Å². The Balaban J connectivity index is 2.20. The minimum absolute atomic E-state index is 0.0159. The van der Waals surface area contributed by atoms with Crippen molar-refractivity contribution >= 4 is 11.3 Å². The molecule has 4 heteroatoms. The molecule has 2 unspecified atom stereocenters. The molecule has 2 heterocycles. The lowest BCUT2D eigenvalue weighted by Gasteiger charge is -2.31. The zero-order valence-electron chi connectivity index (χ0n) is 9.32. The average Bonchev–Trinajstić information content (AvgIpc) is 2.68. The molecule has 0 spiro atoms. The smallest absolute Gasteiger partial charge is 0.125 e. The van der Waals surface area contributed by atoms with Gasteiger partial charge in [0, 0.05) is 18.0 Å². The van der Waals surface area contributed by atoms with Crippen LogP contribution in [0.4, 0.5) is 0 Å². The van der Waals surface area contributed by atoms with E-state index < -0.39 is 0 Å². The molecule has 0 saturated carbocycles. The normalized spacial score (nSPS) is 29.0. The maximum absolute atomic E-state index is 5.85. The molecule has 1 aromatic heterocycles. The fourth-order valence-corrected chi connectivity index (χ4v) is 2.91. The molecular formula is C11H18N2OS.